The molecule has 0 amide bonds. The molecule has 2 nitrogen and oxygen atoms in total. The Hall–Kier alpha value is 0.500. The Balaban J connectivity index is -0.0000000267. The van der Waals surface area contributed by atoms with E-state index in [-0.39, 0.29) is 37.2 Å². The van der Waals surface area contributed by atoms with Crippen molar-refractivity contribution in [3.63, 3.8) is 0 Å². The standard InChI is InChI=1S/C3H7NO.3ClH/c4-2-1-3-5;;;/h3H,1-2,4H2;3*1H. The first-order chi connectivity index (χ1) is 2.41. The van der Waals surface area contributed by atoms with Crippen molar-refractivity contribution in [3.05, 3.63) is 0 Å². The van der Waals surface area contributed by atoms with Crippen LogP contribution >= 0.6 is 37.2 Å². The van der Waals surface area contributed by atoms with Gasteiger partial charge in [-0.15, -0.1) is 37.2 Å². The Morgan fingerprint density at radius 1 is 1.25 bits per heavy atom. The molecule has 0 aliphatic carbocycles. The second-order valence-corrected chi connectivity index (χ2v) is 0.744. The number of halogens is 3. The van der Waals surface area contributed by atoms with Gasteiger partial charge in [0.2, 0.25) is 0 Å². The molecular weight excluding hydrogens is 172 g/mol. The van der Waals surface area contributed by atoms with Crippen LogP contribution < -0.4 is 5.73 Å². The van der Waals surface area contributed by atoms with E-state index in [4.69, 9.17) is 5.73 Å². The summed E-state index contributed by atoms with van der Waals surface area (Å²) in [5.41, 5.74) is 4.91. The summed E-state index contributed by atoms with van der Waals surface area (Å²) >= 11 is 0. The van der Waals surface area contributed by atoms with Crippen molar-refractivity contribution in [2.45, 2.75) is 6.42 Å². The number of aldehydes is 1. The highest BCUT2D eigenvalue weighted by Crippen LogP contribution is 1.54. The van der Waals surface area contributed by atoms with Crippen molar-refractivity contribution in [1.29, 1.82) is 0 Å². The van der Waals surface area contributed by atoms with Gasteiger partial charge in [0.25, 0.3) is 0 Å². The van der Waals surface area contributed by atoms with Crippen LogP contribution in [0.15, 0.2) is 0 Å². The molecule has 0 saturated carbocycles. The molecule has 0 rings (SSSR count). The number of carbonyl (C=O) groups excluding carboxylic acids is 1. The third-order valence-electron chi connectivity index (χ3n) is 0.285. The van der Waals surface area contributed by atoms with Gasteiger partial charge in [0.05, 0.1) is 0 Å². The van der Waals surface area contributed by atoms with Crippen molar-refractivity contribution in [3.8, 4) is 0 Å². The number of rotatable bonds is 2. The lowest BCUT2D eigenvalue weighted by atomic mass is 10.5. The fourth-order valence-electron chi connectivity index (χ4n) is 0.0680. The second kappa shape index (κ2) is 25.9. The lowest BCUT2D eigenvalue weighted by Gasteiger charge is -1.70. The molecule has 2 N–H and O–H groups in total. The van der Waals surface area contributed by atoms with Crippen molar-refractivity contribution in [2.75, 3.05) is 6.54 Å². The van der Waals surface area contributed by atoms with E-state index in [0.717, 1.165) is 6.29 Å². The average molecular weight is 182 g/mol. The number of nitrogens with two attached hydrogens (primary N) is 1. The van der Waals surface area contributed by atoms with E-state index in [0.29, 0.717) is 13.0 Å². The summed E-state index contributed by atoms with van der Waals surface area (Å²) in [5, 5.41) is 0. The van der Waals surface area contributed by atoms with E-state index in [1.807, 2.05) is 0 Å². The smallest absolute Gasteiger partial charge is 0.121 e. The van der Waals surface area contributed by atoms with Crippen LogP contribution in [-0.2, 0) is 4.79 Å². The Bertz CT molecular complexity index is 35.7. The van der Waals surface area contributed by atoms with Crippen LogP contribution in [0.4, 0.5) is 0 Å². The molecule has 0 atom stereocenters. The van der Waals surface area contributed by atoms with E-state index in [9.17, 15) is 4.79 Å². The lowest BCUT2D eigenvalue weighted by molar-refractivity contribution is -0.107. The summed E-state index contributed by atoms with van der Waals surface area (Å²) in [5.74, 6) is 0. The highest BCUT2D eigenvalue weighted by atomic mass is 35.5. The largest absolute Gasteiger partial charge is 0.330 e. The zero-order valence-electron chi connectivity index (χ0n) is 4.20. The highest BCUT2D eigenvalue weighted by Gasteiger charge is 1.66. The van der Waals surface area contributed by atoms with E-state index < -0.39 is 0 Å². The maximum absolute atomic E-state index is 9.32. The van der Waals surface area contributed by atoms with Gasteiger partial charge in [-0.25, -0.2) is 0 Å². The van der Waals surface area contributed by atoms with Crippen LogP contribution in [0.25, 0.3) is 0 Å². The van der Waals surface area contributed by atoms with Crippen LogP contribution in [-0.4, -0.2) is 12.8 Å². The second-order valence-electron chi connectivity index (χ2n) is 0.744. The van der Waals surface area contributed by atoms with Crippen molar-refractivity contribution in [2.24, 2.45) is 5.73 Å². The SMILES string of the molecule is Cl.Cl.Cl.NCCC=O. The Labute approximate surface area is 67.4 Å². The van der Waals surface area contributed by atoms with Gasteiger partial charge in [-0.1, -0.05) is 0 Å². The molecule has 0 fully saturated rings. The molecule has 0 aromatic carbocycles. The topological polar surface area (TPSA) is 43.1 Å². The summed E-state index contributed by atoms with van der Waals surface area (Å²) in [4.78, 5) is 9.32. The molecule has 0 aromatic rings. The van der Waals surface area contributed by atoms with Crippen molar-refractivity contribution in [1.82, 2.24) is 0 Å². The molecule has 0 aromatic heterocycles. The monoisotopic (exact) mass is 181 g/mol. The summed E-state index contributed by atoms with van der Waals surface area (Å²) in [6, 6.07) is 0. The molecular formula is C3H10Cl3NO. The van der Waals surface area contributed by atoms with E-state index in [2.05, 4.69) is 0 Å². The predicted octanol–water partition coefficient (Wildman–Crippen LogP) is 0.800. The fourth-order valence-corrected chi connectivity index (χ4v) is 0.0680. The zero-order valence-corrected chi connectivity index (χ0v) is 6.65. The number of hydrogen-bond donors (Lipinski definition) is 1. The van der Waals surface area contributed by atoms with Gasteiger partial charge in [-0.2, -0.15) is 0 Å². The normalized spacial score (nSPS) is 4.62. The molecule has 0 aliphatic rings. The van der Waals surface area contributed by atoms with Crippen molar-refractivity contribution >= 4 is 43.5 Å². The molecule has 0 aliphatic heterocycles. The zero-order chi connectivity index (χ0) is 4.12. The lowest BCUT2D eigenvalue weighted by Crippen LogP contribution is -1.97. The van der Waals surface area contributed by atoms with Crippen LogP contribution in [0.5, 0.6) is 0 Å². The van der Waals surface area contributed by atoms with E-state index in [1.54, 1.807) is 0 Å². The molecule has 0 radical (unpaired) electrons. The van der Waals surface area contributed by atoms with Crippen LogP contribution in [0.1, 0.15) is 6.42 Å². The van der Waals surface area contributed by atoms with Crippen LogP contribution in [0, 0.1) is 0 Å². The van der Waals surface area contributed by atoms with Gasteiger partial charge < -0.3 is 10.5 Å². The molecule has 54 valence electrons. The summed E-state index contributed by atoms with van der Waals surface area (Å²) in [6.45, 7) is 0.476. The minimum absolute atomic E-state index is 0. The highest BCUT2D eigenvalue weighted by molar-refractivity contribution is 5.86. The number of hydrogen-bond acceptors (Lipinski definition) is 2. The van der Waals surface area contributed by atoms with Gasteiger partial charge in [0.1, 0.15) is 6.29 Å². The van der Waals surface area contributed by atoms with E-state index >= 15 is 0 Å². The molecule has 8 heavy (non-hydrogen) atoms. The maximum Gasteiger partial charge on any atom is 0.121 e. The summed E-state index contributed by atoms with van der Waals surface area (Å²) in [7, 11) is 0. The van der Waals surface area contributed by atoms with Gasteiger partial charge in [-0.3, -0.25) is 0 Å². The quantitative estimate of drug-likeness (QED) is 0.642. The maximum atomic E-state index is 9.32. The minimum atomic E-state index is 0. The van der Waals surface area contributed by atoms with Gasteiger partial charge in [0.15, 0.2) is 0 Å². The van der Waals surface area contributed by atoms with E-state index in [1.165, 1.54) is 0 Å². The van der Waals surface area contributed by atoms with Gasteiger partial charge >= 0.3 is 0 Å². The third kappa shape index (κ3) is 31.5. The van der Waals surface area contributed by atoms with Crippen LogP contribution in [0.2, 0.25) is 0 Å². The van der Waals surface area contributed by atoms with Crippen molar-refractivity contribution < 1.29 is 4.79 Å². The minimum Gasteiger partial charge on any atom is -0.330 e. The molecule has 0 heterocycles. The Morgan fingerprint density at radius 3 is 1.62 bits per heavy atom. The fraction of sp³-hybridized carbons (Fsp3) is 0.667. The molecule has 0 unspecified atom stereocenters. The van der Waals surface area contributed by atoms with Gasteiger partial charge in [-0.05, 0) is 6.54 Å². The molecule has 0 bridgehead atoms. The summed E-state index contributed by atoms with van der Waals surface area (Å²) in [6.07, 6.45) is 1.29. The first-order valence-electron chi connectivity index (χ1n) is 1.55. The van der Waals surface area contributed by atoms with Crippen LogP contribution in [0.3, 0.4) is 0 Å². The number of carbonyl (C=O) groups is 1. The predicted molar refractivity (Wildman–Crippen MR) is 41.5 cm³/mol. The molecule has 0 saturated heterocycles. The average Bonchev–Trinajstić information content (AvgIpc) is 1.41. The Morgan fingerprint density at radius 2 is 1.62 bits per heavy atom. The van der Waals surface area contributed by atoms with Gasteiger partial charge in [0, 0.05) is 6.42 Å². The Kier molecular flexibility index (Phi) is 76.3. The molecule has 5 heteroatoms. The summed E-state index contributed by atoms with van der Waals surface area (Å²) < 4.78 is 0. The first-order valence-corrected chi connectivity index (χ1v) is 1.55. The first kappa shape index (κ1) is 23.6. The third-order valence-corrected chi connectivity index (χ3v) is 0.285. The molecule has 0 spiro atoms.